The Hall–Kier alpha value is -0.120. The molecule has 0 spiro atoms. The Morgan fingerprint density at radius 2 is 1.12 bits per heavy atom. The third-order valence-corrected chi connectivity index (χ3v) is 1.86. The molecular formula is C14H32O3. The maximum absolute atomic E-state index is 5.63. The van der Waals surface area contributed by atoms with Gasteiger partial charge in [0, 0.05) is 19.8 Å². The number of ether oxygens (including phenoxy) is 3. The lowest BCUT2D eigenvalue weighted by Gasteiger charge is -2.17. The van der Waals surface area contributed by atoms with Crippen LogP contribution in [0, 0.1) is 0 Å². The highest BCUT2D eigenvalue weighted by Crippen LogP contribution is 1.98. The second-order valence-electron chi connectivity index (χ2n) is 3.64. The SMILES string of the molecule is CC.CCCOCC(COCCC)OCCC. The van der Waals surface area contributed by atoms with Crippen molar-refractivity contribution in [3.63, 3.8) is 0 Å². The highest BCUT2D eigenvalue weighted by molar-refractivity contribution is 4.55. The first-order valence-electron chi connectivity index (χ1n) is 7.12. The summed E-state index contributed by atoms with van der Waals surface area (Å²) < 4.78 is 16.6. The molecule has 0 N–H and O–H groups in total. The minimum Gasteiger partial charge on any atom is -0.379 e. The molecule has 3 nitrogen and oxygen atoms in total. The maximum atomic E-state index is 5.63. The molecule has 3 heteroatoms. The van der Waals surface area contributed by atoms with E-state index in [1.54, 1.807) is 0 Å². The van der Waals surface area contributed by atoms with Gasteiger partial charge in [-0.3, -0.25) is 0 Å². The minimum absolute atomic E-state index is 0.100. The molecule has 0 aliphatic heterocycles. The molecule has 0 aliphatic carbocycles. The van der Waals surface area contributed by atoms with E-state index in [9.17, 15) is 0 Å². The Morgan fingerprint density at radius 3 is 1.47 bits per heavy atom. The van der Waals surface area contributed by atoms with Crippen molar-refractivity contribution in [1.29, 1.82) is 0 Å². The highest BCUT2D eigenvalue weighted by atomic mass is 16.6. The van der Waals surface area contributed by atoms with E-state index in [2.05, 4.69) is 20.8 Å². The van der Waals surface area contributed by atoms with Gasteiger partial charge in [0.25, 0.3) is 0 Å². The minimum atomic E-state index is 0.100. The van der Waals surface area contributed by atoms with E-state index in [-0.39, 0.29) is 6.10 Å². The lowest BCUT2D eigenvalue weighted by atomic mass is 10.4. The molecule has 0 saturated heterocycles. The standard InChI is InChI=1S/C12H26O3.C2H6/c1-4-7-13-10-12(15-9-6-3)11-14-8-5-2;1-2/h12H,4-11H2,1-3H3;1-2H3. The van der Waals surface area contributed by atoms with Crippen molar-refractivity contribution in [3.8, 4) is 0 Å². The van der Waals surface area contributed by atoms with Crippen LogP contribution in [0.5, 0.6) is 0 Å². The summed E-state index contributed by atoms with van der Waals surface area (Å²) in [4.78, 5) is 0. The first-order chi connectivity index (χ1) is 8.35. The van der Waals surface area contributed by atoms with Crippen LogP contribution in [-0.4, -0.2) is 39.1 Å². The highest BCUT2D eigenvalue weighted by Gasteiger charge is 2.08. The van der Waals surface area contributed by atoms with Gasteiger partial charge in [-0.2, -0.15) is 0 Å². The van der Waals surface area contributed by atoms with Gasteiger partial charge in [0.2, 0.25) is 0 Å². The molecule has 0 aromatic carbocycles. The Labute approximate surface area is 108 Å². The van der Waals surface area contributed by atoms with E-state index in [0.717, 1.165) is 39.1 Å². The van der Waals surface area contributed by atoms with E-state index in [1.165, 1.54) is 0 Å². The zero-order chi connectivity index (χ0) is 13.4. The van der Waals surface area contributed by atoms with Crippen LogP contribution >= 0.6 is 0 Å². The van der Waals surface area contributed by atoms with Gasteiger partial charge in [-0.25, -0.2) is 0 Å². The van der Waals surface area contributed by atoms with E-state index < -0.39 is 0 Å². The molecule has 0 aromatic heterocycles. The van der Waals surface area contributed by atoms with Crippen LogP contribution in [0.15, 0.2) is 0 Å². The molecule has 0 saturated carbocycles. The fourth-order valence-electron chi connectivity index (χ4n) is 1.15. The summed E-state index contributed by atoms with van der Waals surface area (Å²) in [6.07, 6.45) is 3.24. The molecule has 0 rings (SSSR count). The van der Waals surface area contributed by atoms with Crippen LogP contribution in [0.25, 0.3) is 0 Å². The summed E-state index contributed by atoms with van der Waals surface area (Å²) in [6.45, 7) is 14.0. The van der Waals surface area contributed by atoms with Crippen molar-refractivity contribution in [3.05, 3.63) is 0 Å². The van der Waals surface area contributed by atoms with Crippen LogP contribution in [0.1, 0.15) is 53.9 Å². The molecule has 0 unspecified atom stereocenters. The van der Waals surface area contributed by atoms with Crippen LogP contribution in [0.2, 0.25) is 0 Å². The molecule has 0 bridgehead atoms. The molecule has 106 valence electrons. The predicted octanol–water partition coefficient (Wildman–Crippen LogP) is 3.66. The van der Waals surface area contributed by atoms with Crippen molar-refractivity contribution in [2.75, 3.05) is 33.0 Å². The van der Waals surface area contributed by atoms with Gasteiger partial charge in [0.1, 0.15) is 6.10 Å². The van der Waals surface area contributed by atoms with E-state index in [0.29, 0.717) is 13.2 Å². The van der Waals surface area contributed by atoms with Crippen molar-refractivity contribution in [1.82, 2.24) is 0 Å². The monoisotopic (exact) mass is 248 g/mol. The average Bonchev–Trinajstić information content (AvgIpc) is 2.38. The van der Waals surface area contributed by atoms with E-state index >= 15 is 0 Å². The second kappa shape index (κ2) is 18.3. The van der Waals surface area contributed by atoms with Gasteiger partial charge in [-0.05, 0) is 19.3 Å². The van der Waals surface area contributed by atoms with Crippen molar-refractivity contribution >= 4 is 0 Å². The first-order valence-corrected chi connectivity index (χ1v) is 7.12. The largest absolute Gasteiger partial charge is 0.379 e. The molecule has 0 fully saturated rings. The average molecular weight is 248 g/mol. The summed E-state index contributed by atoms with van der Waals surface area (Å²) in [7, 11) is 0. The fraction of sp³-hybridized carbons (Fsp3) is 1.00. The number of hydrogen-bond donors (Lipinski definition) is 0. The van der Waals surface area contributed by atoms with Gasteiger partial charge in [-0.1, -0.05) is 34.6 Å². The Balaban J connectivity index is 0. The quantitative estimate of drug-likeness (QED) is 0.522. The first kappa shape index (κ1) is 19.2. The molecule has 0 aliphatic rings. The molecule has 0 amide bonds. The summed E-state index contributed by atoms with van der Waals surface area (Å²) in [5.41, 5.74) is 0. The van der Waals surface area contributed by atoms with E-state index in [4.69, 9.17) is 14.2 Å². The lowest BCUT2D eigenvalue weighted by molar-refractivity contribution is -0.0595. The topological polar surface area (TPSA) is 27.7 Å². The van der Waals surface area contributed by atoms with E-state index in [1.807, 2.05) is 13.8 Å². The summed E-state index contributed by atoms with van der Waals surface area (Å²) in [5.74, 6) is 0. The fourth-order valence-corrected chi connectivity index (χ4v) is 1.15. The maximum Gasteiger partial charge on any atom is 0.104 e. The summed E-state index contributed by atoms with van der Waals surface area (Å²) >= 11 is 0. The summed E-state index contributed by atoms with van der Waals surface area (Å²) in [6, 6.07) is 0. The Morgan fingerprint density at radius 1 is 0.706 bits per heavy atom. The van der Waals surface area contributed by atoms with Gasteiger partial charge in [0.15, 0.2) is 0 Å². The van der Waals surface area contributed by atoms with Gasteiger partial charge < -0.3 is 14.2 Å². The van der Waals surface area contributed by atoms with Crippen LogP contribution in [-0.2, 0) is 14.2 Å². The Bertz CT molecular complexity index is 108. The normalized spacial score (nSPS) is 10.2. The zero-order valence-corrected chi connectivity index (χ0v) is 12.5. The predicted molar refractivity (Wildman–Crippen MR) is 73.6 cm³/mol. The number of hydrogen-bond acceptors (Lipinski definition) is 3. The molecule has 0 aromatic rings. The van der Waals surface area contributed by atoms with Gasteiger partial charge >= 0.3 is 0 Å². The smallest absolute Gasteiger partial charge is 0.104 e. The molecule has 17 heavy (non-hydrogen) atoms. The van der Waals surface area contributed by atoms with Crippen molar-refractivity contribution in [2.24, 2.45) is 0 Å². The van der Waals surface area contributed by atoms with Crippen molar-refractivity contribution < 1.29 is 14.2 Å². The van der Waals surface area contributed by atoms with Gasteiger partial charge in [0.05, 0.1) is 13.2 Å². The molecular weight excluding hydrogens is 216 g/mol. The summed E-state index contributed by atoms with van der Waals surface area (Å²) in [5, 5.41) is 0. The second-order valence-corrected chi connectivity index (χ2v) is 3.64. The third kappa shape index (κ3) is 15.9. The Kier molecular flexibility index (Phi) is 20.6. The van der Waals surface area contributed by atoms with Gasteiger partial charge in [-0.15, -0.1) is 0 Å². The lowest BCUT2D eigenvalue weighted by Crippen LogP contribution is -2.26. The third-order valence-electron chi connectivity index (χ3n) is 1.86. The number of rotatable bonds is 11. The van der Waals surface area contributed by atoms with Crippen molar-refractivity contribution in [2.45, 2.75) is 60.0 Å². The van der Waals surface area contributed by atoms with Crippen LogP contribution in [0.3, 0.4) is 0 Å². The van der Waals surface area contributed by atoms with Crippen LogP contribution in [0.4, 0.5) is 0 Å². The zero-order valence-electron chi connectivity index (χ0n) is 12.5. The van der Waals surface area contributed by atoms with Crippen LogP contribution < -0.4 is 0 Å². The molecule has 0 radical (unpaired) electrons. The molecule has 0 heterocycles. The molecule has 0 atom stereocenters.